The third-order valence-electron chi connectivity index (χ3n) is 2.19. The maximum absolute atomic E-state index is 11.6. The molecule has 4 amide bonds. The predicted octanol–water partition coefficient (Wildman–Crippen LogP) is -0.373. The first-order valence-corrected chi connectivity index (χ1v) is 5.46. The number of carbonyl (C=O) groups excluding carboxylic acids is 3. The van der Waals surface area contributed by atoms with E-state index >= 15 is 0 Å². The van der Waals surface area contributed by atoms with E-state index in [1.54, 1.807) is 6.92 Å². The first kappa shape index (κ1) is 19.0. The molecule has 0 heterocycles. The molecule has 0 aromatic rings. The van der Waals surface area contributed by atoms with E-state index in [0.717, 1.165) is 6.42 Å². The van der Waals surface area contributed by atoms with Crippen molar-refractivity contribution in [3.05, 3.63) is 0 Å². The molecule has 0 saturated heterocycles. The lowest BCUT2D eigenvalue weighted by Gasteiger charge is -2.22. The van der Waals surface area contributed by atoms with E-state index in [9.17, 15) is 14.4 Å². The molecule has 0 aromatic heterocycles. The van der Waals surface area contributed by atoms with Crippen LogP contribution in [0.5, 0.6) is 0 Å². The molecule has 0 aliphatic heterocycles. The SMILES string of the molecule is CCCC(C)(N)C(=O)NCCC(=O)NC(N)=O.Cl. The van der Waals surface area contributed by atoms with Gasteiger partial charge in [-0.1, -0.05) is 13.3 Å². The Bertz CT molecular complexity index is 307. The van der Waals surface area contributed by atoms with Crippen molar-refractivity contribution in [2.24, 2.45) is 11.5 Å². The highest BCUT2D eigenvalue weighted by atomic mass is 35.5. The van der Waals surface area contributed by atoms with Crippen LogP contribution in [0.25, 0.3) is 0 Å². The molecule has 8 heteroatoms. The fourth-order valence-electron chi connectivity index (χ4n) is 1.32. The highest BCUT2D eigenvalue weighted by Crippen LogP contribution is 2.07. The zero-order chi connectivity index (χ0) is 13.5. The number of nitrogens with one attached hydrogen (secondary N) is 2. The number of halogens is 1. The molecule has 0 aliphatic rings. The topological polar surface area (TPSA) is 127 Å². The van der Waals surface area contributed by atoms with Gasteiger partial charge >= 0.3 is 6.03 Å². The number of nitrogens with two attached hydrogens (primary N) is 2. The summed E-state index contributed by atoms with van der Waals surface area (Å²) in [6.45, 7) is 3.68. The lowest BCUT2D eigenvalue weighted by molar-refractivity contribution is -0.126. The minimum atomic E-state index is -0.936. The first-order valence-electron chi connectivity index (χ1n) is 5.46. The number of hydrogen-bond donors (Lipinski definition) is 4. The van der Waals surface area contributed by atoms with E-state index in [0.29, 0.717) is 6.42 Å². The standard InChI is InChI=1S/C10H20N4O3.ClH/c1-3-5-10(2,12)8(16)13-6-4-7(15)14-9(11)17;/h3-6,12H2,1-2H3,(H,13,16)(H3,11,14,15,17);1H. The summed E-state index contributed by atoms with van der Waals surface area (Å²) in [5, 5.41) is 4.43. The van der Waals surface area contributed by atoms with Gasteiger partial charge < -0.3 is 16.8 Å². The molecule has 0 rings (SSSR count). The fraction of sp³-hybridized carbons (Fsp3) is 0.700. The summed E-state index contributed by atoms with van der Waals surface area (Å²) in [5.74, 6) is -0.849. The van der Waals surface area contributed by atoms with Gasteiger partial charge in [-0.15, -0.1) is 12.4 Å². The number of hydrogen-bond acceptors (Lipinski definition) is 4. The Morgan fingerprint density at radius 1 is 1.28 bits per heavy atom. The van der Waals surface area contributed by atoms with Crippen LogP contribution in [-0.4, -0.2) is 29.9 Å². The Morgan fingerprint density at radius 2 is 1.83 bits per heavy atom. The smallest absolute Gasteiger partial charge is 0.318 e. The quantitative estimate of drug-likeness (QED) is 0.529. The van der Waals surface area contributed by atoms with E-state index < -0.39 is 17.5 Å². The van der Waals surface area contributed by atoms with Gasteiger partial charge in [-0.25, -0.2) is 4.79 Å². The summed E-state index contributed by atoms with van der Waals surface area (Å²) in [7, 11) is 0. The second-order valence-electron chi connectivity index (χ2n) is 4.09. The van der Waals surface area contributed by atoms with E-state index in [4.69, 9.17) is 11.5 Å². The van der Waals surface area contributed by atoms with Crippen molar-refractivity contribution in [2.45, 2.75) is 38.6 Å². The fourth-order valence-corrected chi connectivity index (χ4v) is 1.32. The number of amides is 4. The van der Waals surface area contributed by atoms with Crippen molar-refractivity contribution in [2.75, 3.05) is 6.54 Å². The molecule has 0 spiro atoms. The molecule has 0 aliphatic carbocycles. The molecular formula is C10H21ClN4O3. The third kappa shape index (κ3) is 7.86. The lowest BCUT2D eigenvalue weighted by Crippen LogP contribution is -2.52. The first-order chi connectivity index (χ1) is 7.79. The van der Waals surface area contributed by atoms with E-state index in [1.165, 1.54) is 0 Å². The van der Waals surface area contributed by atoms with Crippen molar-refractivity contribution in [3.8, 4) is 0 Å². The van der Waals surface area contributed by atoms with Gasteiger partial charge in [0.05, 0.1) is 5.54 Å². The van der Waals surface area contributed by atoms with Crippen LogP contribution in [0, 0.1) is 0 Å². The molecule has 0 fully saturated rings. The molecule has 1 atom stereocenters. The van der Waals surface area contributed by atoms with Crippen LogP contribution < -0.4 is 22.1 Å². The van der Waals surface area contributed by atoms with Crippen molar-refractivity contribution in [3.63, 3.8) is 0 Å². The zero-order valence-electron chi connectivity index (χ0n) is 10.6. The van der Waals surface area contributed by atoms with Gasteiger partial charge in [-0.2, -0.15) is 0 Å². The monoisotopic (exact) mass is 280 g/mol. The summed E-state index contributed by atoms with van der Waals surface area (Å²) in [4.78, 5) is 32.9. The largest absolute Gasteiger partial charge is 0.354 e. The molecular weight excluding hydrogens is 260 g/mol. The second kappa shape index (κ2) is 8.71. The van der Waals surface area contributed by atoms with Crippen LogP contribution >= 0.6 is 12.4 Å². The minimum absolute atomic E-state index is 0. The molecule has 6 N–H and O–H groups in total. The molecule has 0 aromatic carbocycles. The van der Waals surface area contributed by atoms with Crippen molar-refractivity contribution >= 4 is 30.3 Å². The molecule has 0 radical (unpaired) electrons. The van der Waals surface area contributed by atoms with Gasteiger partial charge in [-0.05, 0) is 13.3 Å². The summed E-state index contributed by atoms with van der Waals surface area (Å²) in [5.41, 5.74) is 9.60. The van der Waals surface area contributed by atoms with E-state index in [-0.39, 0.29) is 31.3 Å². The van der Waals surface area contributed by atoms with Crippen LogP contribution in [0.3, 0.4) is 0 Å². The number of primary amides is 1. The van der Waals surface area contributed by atoms with Crippen LogP contribution in [0.2, 0.25) is 0 Å². The molecule has 7 nitrogen and oxygen atoms in total. The van der Waals surface area contributed by atoms with Crippen molar-refractivity contribution < 1.29 is 14.4 Å². The Morgan fingerprint density at radius 3 is 2.28 bits per heavy atom. The Balaban J connectivity index is 0. The highest BCUT2D eigenvalue weighted by molar-refractivity contribution is 5.93. The van der Waals surface area contributed by atoms with Gasteiger partial charge in [-0.3, -0.25) is 14.9 Å². The zero-order valence-corrected chi connectivity index (χ0v) is 11.4. The molecule has 0 saturated carbocycles. The van der Waals surface area contributed by atoms with Gasteiger partial charge in [0, 0.05) is 13.0 Å². The van der Waals surface area contributed by atoms with Crippen molar-refractivity contribution in [1.29, 1.82) is 0 Å². The highest BCUT2D eigenvalue weighted by Gasteiger charge is 2.26. The molecule has 106 valence electrons. The normalized spacial score (nSPS) is 12.8. The van der Waals surface area contributed by atoms with Gasteiger partial charge in [0.15, 0.2) is 0 Å². The lowest BCUT2D eigenvalue weighted by atomic mass is 9.96. The maximum Gasteiger partial charge on any atom is 0.318 e. The predicted molar refractivity (Wildman–Crippen MR) is 70.1 cm³/mol. The molecule has 1 unspecified atom stereocenters. The van der Waals surface area contributed by atoms with Crippen LogP contribution in [-0.2, 0) is 9.59 Å². The minimum Gasteiger partial charge on any atom is -0.354 e. The summed E-state index contributed by atoms with van der Waals surface area (Å²) in [6, 6.07) is -0.907. The maximum atomic E-state index is 11.6. The van der Waals surface area contributed by atoms with Crippen LogP contribution in [0.15, 0.2) is 0 Å². The summed E-state index contributed by atoms with van der Waals surface area (Å²) < 4.78 is 0. The average Bonchev–Trinajstić information content (AvgIpc) is 2.15. The van der Waals surface area contributed by atoms with Gasteiger partial charge in [0.1, 0.15) is 0 Å². The molecule has 0 bridgehead atoms. The van der Waals surface area contributed by atoms with Crippen LogP contribution in [0.4, 0.5) is 4.79 Å². The number of urea groups is 1. The Labute approximate surface area is 112 Å². The number of carbonyl (C=O) groups is 3. The second-order valence-corrected chi connectivity index (χ2v) is 4.09. The summed E-state index contributed by atoms with van der Waals surface area (Å²) >= 11 is 0. The van der Waals surface area contributed by atoms with E-state index in [1.807, 2.05) is 12.2 Å². The van der Waals surface area contributed by atoms with E-state index in [2.05, 4.69) is 5.32 Å². The average molecular weight is 281 g/mol. The Hall–Kier alpha value is -1.34. The van der Waals surface area contributed by atoms with Crippen LogP contribution in [0.1, 0.15) is 33.1 Å². The van der Waals surface area contributed by atoms with Gasteiger partial charge in [0.25, 0.3) is 0 Å². The molecule has 18 heavy (non-hydrogen) atoms. The number of imide groups is 1. The van der Waals surface area contributed by atoms with Gasteiger partial charge in [0.2, 0.25) is 11.8 Å². The number of rotatable bonds is 6. The Kier molecular flexibility index (Phi) is 9.20. The summed E-state index contributed by atoms with van der Waals surface area (Å²) in [6.07, 6.45) is 1.34. The third-order valence-corrected chi connectivity index (χ3v) is 2.19. The van der Waals surface area contributed by atoms with Crippen molar-refractivity contribution in [1.82, 2.24) is 10.6 Å².